The monoisotopic (exact) mass is 525 g/mol. The molecule has 12 heteroatoms. The molecule has 9 nitrogen and oxygen atoms in total. The molecule has 1 saturated heterocycles. The number of nitrogens with two attached hydrogens (primary N) is 1. The third kappa shape index (κ3) is 5.36. The van der Waals surface area contributed by atoms with E-state index in [-0.39, 0.29) is 16.5 Å². The summed E-state index contributed by atoms with van der Waals surface area (Å²) in [5, 5.41) is 6.50. The number of aromatic nitrogens is 3. The predicted molar refractivity (Wildman–Crippen MR) is 141 cm³/mol. The molecule has 5 rings (SSSR count). The number of hydrogen-bond donors (Lipinski definition) is 3. The summed E-state index contributed by atoms with van der Waals surface area (Å²) in [7, 11) is -3.77. The van der Waals surface area contributed by atoms with Gasteiger partial charge in [-0.1, -0.05) is 29.6 Å². The molecule has 1 aliphatic heterocycles. The van der Waals surface area contributed by atoms with Gasteiger partial charge in [-0.25, -0.2) is 27.8 Å². The van der Waals surface area contributed by atoms with Crippen LogP contribution < -0.4 is 16.4 Å². The second kappa shape index (κ2) is 10.3. The zero-order chi connectivity index (χ0) is 25.1. The van der Waals surface area contributed by atoms with Gasteiger partial charge in [0, 0.05) is 37.6 Å². The van der Waals surface area contributed by atoms with Gasteiger partial charge in [-0.3, -0.25) is 0 Å². The standard InChI is InChI=1S/C24H24FN7O2S2/c25-19-13-18(36(33,34)32-10-1-8-27-9-11-32)5-7-20(19)31-24-28-14-17(15-29-24)3-2-16-4-6-21-22(12-16)35-23(26)30-21/h2-7,12-15,27H,1,8-11H2,(H2,26,30)(H,28,29,31). The van der Waals surface area contributed by atoms with Crippen LogP contribution in [0.2, 0.25) is 0 Å². The number of halogens is 1. The largest absolute Gasteiger partial charge is 0.375 e. The van der Waals surface area contributed by atoms with Crippen LogP contribution in [0.1, 0.15) is 17.5 Å². The summed E-state index contributed by atoms with van der Waals surface area (Å²) in [5.41, 5.74) is 8.47. The average Bonchev–Trinajstić information content (AvgIpc) is 3.04. The first-order valence-corrected chi connectivity index (χ1v) is 13.6. The molecule has 0 radical (unpaired) electrons. The zero-order valence-electron chi connectivity index (χ0n) is 19.2. The molecule has 4 N–H and O–H groups in total. The Hall–Kier alpha value is -3.45. The molecule has 4 aromatic rings. The van der Waals surface area contributed by atoms with Gasteiger partial charge in [-0.2, -0.15) is 4.31 Å². The summed E-state index contributed by atoms with van der Waals surface area (Å²) in [4.78, 5) is 12.6. The number of nitrogens with one attached hydrogen (secondary N) is 2. The normalized spacial score (nSPS) is 15.4. The fourth-order valence-electron chi connectivity index (χ4n) is 3.83. The van der Waals surface area contributed by atoms with Crippen molar-refractivity contribution in [2.45, 2.75) is 11.3 Å². The van der Waals surface area contributed by atoms with Crippen LogP contribution >= 0.6 is 11.3 Å². The molecule has 2 aromatic carbocycles. The van der Waals surface area contributed by atoms with Gasteiger partial charge in [0.05, 0.1) is 20.8 Å². The Morgan fingerprint density at radius 3 is 2.67 bits per heavy atom. The van der Waals surface area contributed by atoms with Crippen molar-refractivity contribution in [2.24, 2.45) is 0 Å². The lowest BCUT2D eigenvalue weighted by Gasteiger charge is -2.20. The number of nitrogen functional groups attached to an aromatic ring is 1. The molecule has 186 valence electrons. The van der Waals surface area contributed by atoms with Crippen LogP contribution in [-0.4, -0.2) is 53.9 Å². The Bertz CT molecular complexity index is 1510. The molecule has 2 aromatic heterocycles. The second-order valence-corrected chi connectivity index (χ2v) is 11.2. The van der Waals surface area contributed by atoms with Crippen LogP contribution in [0, 0.1) is 5.82 Å². The van der Waals surface area contributed by atoms with Crippen LogP contribution in [0.5, 0.6) is 0 Å². The van der Waals surface area contributed by atoms with E-state index in [0.29, 0.717) is 31.2 Å². The highest BCUT2D eigenvalue weighted by Crippen LogP contribution is 2.26. The first kappa shape index (κ1) is 24.3. The Morgan fingerprint density at radius 2 is 1.86 bits per heavy atom. The molecular weight excluding hydrogens is 501 g/mol. The maximum Gasteiger partial charge on any atom is 0.243 e. The van der Waals surface area contributed by atoms with Gasteiger partial charge in [0.2, 0.25) is 16.0 Å². The van der Waals surface area contributed by atoms with Gasteiger partial charge >= 0.3 is 0 Å². The van der Waals surface area contributed by atoms with E-state index in [9.17, 15) is 12.8 Å². The van der Waals surface area contributed by atoms with Crippen LogP contribution in [-0.2, 0) is 10.0 Å². The van der Waals surface area contributed by atoms with Crippen LogP contribution in [0.25, 0.3) is 22.4 Å². The van der Waals surface area contributed by atoms with E-state index in [0.717, 1.165) is 34.0 Å². The van der Waals surface area contributed by atoms with Crippen molar-refractivity contribution in [3.8, 4) is 0 Å². The Morgan fingerprint density at radius 1 is 1.06 bits per heavy atom. The predicted octanol–water partition coefficient (Wildman–Crippen LogP) is 3.71. The van der Waals surface area contributed by atoms with Crippen molar-refractivity contribution in [1.29, 1.82) is 0 Å². The Kier molecular flexibility index (Phi) is 6.92. The van der Waals surface area contributed by atoms with Gasteiger partial charge < -0.3 is 16.4 Å². The van der Waals surface area contributed by atoms with E-state index in [4.69, 9.17) is 5.73 Å². The lowest BCUT2D eigenvalue weighted by atomic mass is 10.2. The molecule has 3 heterocycles. The molecule has 0 unspecified atom stereocenters. The topological polar surface area (TPSA) is 126 Å². The minimum Gasteiger partial charge on any atom is -0.375 e. The number of nitrogens with zero attached hydrogens (tertiary/aromatic N) is 4. The van der Waals surface area contributed by atoms with Gasteiger partial charge in [0.25, 0.3) is 0 Å². The number of sulfonamides is 1. The number of thiazole rings is 1. The fourth-order valence-corrected chi connectivity index (χ4v) is 6.11. The fraction of sp³-hybridized carbons (Fsp3) is 0.208. The third-order valence-corrected chi connectivity index (χ3v) is 8.43. The molecule has 0 bridgehead atoms. The van der Waals surface area contributed by atoms with E-state index >= 15 is 0 Å². The van der Waals surface area contributed by atoms with E-state index in [1.807, 2.05) is 30.4 Å². The molecule has 0 aliphatic carbocycles. The summed E-state index contributed by atoms with van der Waals surface area (Å²) in [6, 6.07) is 9.68. The highest BCUT2D eigenvalue weighted by molar-refractivity contribution is 7.89. The van der Waals surface area contributed by atoms with Crippen molar-refractivity contribution in [2.75, 3.05) is 37.2 Å². The van der Waals surface area contributed by atoms with Gasteiger partial charge in [-0.15, -0.1) is 0 Å². The van der Waals surface area contributed by atoms with E-state index in [1.54, 1.807) is 12.4 Å². The van der Waals surface area contributed by atoms with E-state index in [2.05, 4.69) is 25.6 Å². The van der Waals surface area contributed by atoms with Crippen LogP contribution in [0.3, 0.4) is 0 Å². The number of benzene rings is 2. The van der Waals surface area contributed by atoms with Crippen molar-refractivity contribution >= 4 is 60.5 Å². The molecular formula is C24H24FN7O2S2. The summed E-state index contributed by atoms with van der Waals surface area (Å²) in [6.45, 7) is 2.09. The summed E-state index contributed by atoms with van der Waals surface area (Å²) in [5.74, 6) is -0.502. The maximum absolute atomic E-state index is 14.8. The van der Waals surface area contributed by atoms with Crippen LogP contribution in [0.15, 0.2) is 53.7 Å². The van der Waals surface area contributed by atoms with Gasteiger partial charge in [0.15, 0.2) is 5.13 Å². The van der Waals surface area contributed by atoms with Crippen molar-refractivity contribution in [3.63, 3.8) is 0 Å². The Labute approximate surface area is 212 Å². The first-order valence-electron chi connectivity index (χ1n) is 11.3. The van der Waals surface area contributed by atoms with Crippen molar-refractivity contribution in [1.82, 2.24) is 24.6 Å². The molecule has 0 saturated carbocycles. The lowest BCUT2D eigenvalue weighted by molar-refractivity contribution is 0.431. The number of fused-ring (bicyclic) bond motifs is 1. The third-order valence-electron chi connectivity index (χ3n) is 5.69. The SMILES string of the molecule is Nc1nc2ccc(C=Cc3cnc(Nc4ccc(S(=O)(=O)N5CCCNCC5)cc4F)nc3)cc2s1. The minimum absolute atomic E-state index is 0.0759. The molecule has 0 amide bonds. The summed E-state index contributed by atoms with van der Waals surface area (Å²) >= 11 is 1.43. The van der Waals surface area contributed by atoms with Crippen molar-refractivity contribution in [3.05, 3.63) is 65.7 Å². The number of hydrogen-bond acceptors (Lipinski definition) is 9. The Balaban J connectivity index is 1.26. The molecule has 36 heavy (non-hydrogen) atoms. The lowest BCUT2D eigenvalue weighted by Crippen LogP contribution is -2.34. The zero-order valence-corrected chi connectivity index (χ0v) is 20.8. The van der Waals surface area contributed by atoms with Crippen molar-refractivity contribution < 1.29 is 12.8 Å². The number of rotatable bonds is 6. The van der Waals surface area contributed by atoms with E-state index < -0.39 is 15.8 Å². The summed E-state index contributed by atoms with van der Waals surface area (Å²) in [6.07, 6.45) is 7.73. The van der Waals surface area contributed by atoms with Gasteiger partial charge in [-0.05, 0) is 48.9 Å². The van der Waals surface area contributed by atoms with Gasteiger partial charge in [0.1, 0.15) is 5.82 Å². The number of anilines is 3. The smallest absolute Gasteiger partial charge is 0.243 e. The minimum atomic E-state index is -3.77. The second-order valence-electron chi connectivity index (χ2n) is 8.23. The summed E-state index contributed by atoms with van der Waals surface area (Å²) < 4.78 is 43.0. The highest BCUT2D eigenvalue weighted by Gasteiger charge is 2.26. The molecule has 0 spiro atoms. The highest BCUT2D eigenvalue weighted by atomic mass is 32.2. The first-order chi connectivity index (χ1) is 17.4. The molecule has 1 fully saturated rings. The van der Waals surface area contributed by atoms with Crippen LogP contribution in [0.4, 0.5) is 21.2 Å². The molecule has 1 aliphatic rings. The molecule has 0 atom stereocenters. The maximum atomic E-state index is 14.8. The van der Waals surface area contributed by atoms with E-state index in [1.165, 1.54) is 27.8 Å². The quantitative estimate of drug-likeness (QED) is 0.348. The average molecular weight is 526 g/mol.